The standard InChI is InChI=1S/C55H50S/c1-5-16-38(6-2)47(39-19-9-7-10-20-39)34-52-45-27-26-43(54-30-29-53(56-54)42-23-15-17-36(3)31-42)33-50(45)51(46-28-25-41-32-49(41)55(46)52)35-48(40-21-11-8-12-22-40)44-24-14-13-18-37(44)4/h5-19,21-30,33-35,37,39,41,44,49H,3,20,31-32H2,1-2,4H3/b16-5-,38-6+,47-34+,48-35-/t37?,39?,41?,44-,49?/m1/s1. The summed E-state index contributed by atoms with van der Waals surface area (Å²) in [6, 6.07) is 23.0. The van der Waals surface area contributed by atoms with Crippen LogP contribution in [0, 0.1) is 23.7 Å². The lowest BCUT2D eigenvalue weighted by molar-refractivity contribution is 0.622. The molecule has 5 aliphatic carbocycles. The molecule has 1 heteroatoms. The van der Waals surface area contributed by atoms with Gasteiger partial charge in [0.15, 0.2) is 0 Å². The summed E-state index contributed by atoms with van der Waals surface area (Å²) in [4.78, 5) is 2.62. The Hall–Kier alpha value is -5.50. The molecule has 4 aromatic rings. The molecule has 0 nitrogen and oxygen atoms in total. The average Bonchev–Trinajstić information content (AvgIpc) is 3.87. The molecular formula is C55H50S. The maximum Gasteiger partial charge on any atom is 0.0349 e. The van der Waals surface area contributed by atoms with Crippen LogP contribution in [0.25, 0.3) is 50.6 Å². The number of hydrogen-bond acceptors (Lipinski definition) is 1. The predicted octanol–water partition coefficient (Wildman–Crippen LogP) is 15.6. The van der Waals surface area contributed by atoms with E-state index < -0.39 is 0 Å². The summed E-state index contributed by atoms with van der Waals surface area (Å²) in [6.07, 6.45) is 44.9. The Kier molecular flexibility index (Phi) is 10.0. The van der Waals surface area contributed by atoms with Crippen molar-refractivity contribution in [2.24, 2.45) is 23.7 Å². The van der Waals surface area contributed by atoms with Gasteiger partial charge < -0.3 is 0 Å². The van der Waals surface area contributed by atoms with Crippen molar-refractivity contribution < 1.29 is 0 Å². The summed E-state index contributed by atoms with van der Waals surface area (Å²) in [7, 11) is 0. The summed E-state index contributed by atoms with van der Waals surface area (Å²) in [5.74, 6) is 2.15. The van der Waals surface area contributed by atoms with Crippen molar-refractivity contribution in [3.05, 3.63) is 208 Å². The maximum absolute atomic E-state index is 4.25. The van der Waals surface area contributed by atoms with E-state index in [1.165, 1.54) is 82.6 Å². The zero-order valence-corrected chi connectivity index (χ0v) is 33.6. The molecule has 0 amide bonds. The molecule has 1 fully saturated rings. The number of hydrogen-bond donors (Lipinski definition) is 0. The van der Waals surface area contributed by atoms with Crippen LogP contribution < -0.4 is 0 Å². The highest BCUT2D eigenvalue weighted by Crippen LogP contribution is 2.57. The molecule has 1 aromatic heterocycles. The fourth-order valence-electron chi connectivity index (χ4n) is 9.28. The summed E-state index contributed by atoms with van der Waals surface area (Å²) in [5, 5.41) is 2.67. The molecule has 56 heavy (non-hydrogen) atoms. The Morgan fingerprint density at radius 2 is 1.64 bits per heavy atom. The van der Waals surface area contributed by atoms with Gasteiger partial charge in [-0.1, -0.05) is 159 Å². The Bertz CT molecular complexity index is 2560. The zero-order valence-electron chi connectivity index (χ0n) is 32.8. The monoisotopic (exact) mass is 742 g/mol. The molecule has 1 heterocycles. The summed E-state index contributed by atoms with van der Waals surface area (Å²) in [6.45, 7) is 10.9. The molecule has 0 N–H and O–H groups in total. The van der Waals surface area contributed by atoms with E-state index in [0.29, 0.717) is 23.7 Å². The minimum absolute atomic E-state index is 0.278. The molecule has 0 radical (unpaired) electrons. The van der Waals surface area contributed by atoms with Crippen LogP contribution in [-0.2, 0) is 0 Å². The fraction of sp³-hybridized carbons (Fsp3) is 0.200. The Labute approximate surface area is 337 Å². The van der Waals surface area contributed by atoms with E-state index >= 15 is 0 Å². The lowest BCUT2D eigenvalue weighted by atomic mass is 9.77. The quantitative estimate of drug-likeness (QED) is 0.118. The summed E-state index contributed by atoms with van der Waals surface area (Å²) < 4.78 is 0. The highest BCUT2D eigenvalue weighted by atomic mass is 32.1. The van der Waals surface area contributed by atoms with Crippen LogP contribution in [-0.4, -0.2) is 0 Å². The smallest absolute Gasteiger partial charge is 0.0349 e. The highest BCUT2D eigenvalue weighted by molar-refractivity contribution is 7.16. The van der Waals surface area contributed by atoms with Crippen LogP contribution in [0.2, 0.25) is 0 Å². The molecule has 0 bridgehead atoms. The zero-order chi connectivity index (χ0) is 38.2. The third-order valence-corrected chi connectivity index (χ3v) is 13.5. The predicted molar refractivity (Wildman–Crippen MR) is 246 cm³/mol. The van der Waals surface area contributed by atoms with Crippen LogP contribution in [0.3, 0.4) is 0 Å². The second-order valence-corrected chi connectivity index (χ2v) is 17.0. The summed E-state index contributed by atoms with van der Waals surface area (Å²) >= 11 is 1.89. The van der Waals surface area contributed by atoms with Crippen molar-refractivity contribution in [1.82, 2.24) is 0 Å². The molecular weight excluding hydrogens is 693 g/mol. The van der Waals surface area contributed by atoms with Gasteiger partial charge in [-0.2, -0.15) is 0 Å². The van der Waals surface area contributed by atoms with Crippen LogP contribution >= 0.6 is 11.3 Å². The molecule has 9 rings (SSSR count). The van der Waals surface area contributed by atoms with E-state index in [2.05, 4.69) is 197 Å². The first-order valence-corrected chi connectivity index (χ1v) is 21.3. The van der Waals surface area contributed by atoms with Gasteiger partial charge in [-0.3, -0.25) is 0 Å². The van der Waals surface area contributed by atoms with E-state index in [4.69, 9.17) is 0 Å². The van der Waals surface area contributed by atoms with Gasteiger partial charge in [0, 0.05) is 21.6 Å². The van der Waals surface area contributed by atoms with E-state index in [9.17, 15) is 0 Å². The van der Waals surface area contributed by atoms with Crippen molar-refractivity contribution in [2.45, 2.75) is 46.0 Å². The van der Waals surface area contributed by atoms with Crippen molar-refractivity contribution in [3.8, 4) is 10.4 Å². The Morgan fingerprint density at radius 3 is 2.43 bits per heavy atom. The van der Waals surface area contributed by atoms with E-state index in [1.807, 2.05) is 11.3 Å². The lowest BCUT2D eigenvalue weighted by Crippen LogP contribution is -2.12. The van der Waals surface area contributed by atoms with Crippen molar-refractivity contribution in [1.29, 1.82) is 0 Å². The SMILES string of the molecule is C=C1C=CC=C(c2ccc(-c3ccc4c(\C=C(C(/C=C\C)=C/C)\C5C=CC=CC5)c5c(c(/C=C(/c6ccccc6)[C@@H]6C=CC=CC6C)c4c3)C=CC3CC53)s2)C1. The Balaban J connectivity index is 1.33. The van der Waals surface area contributed by atoms with Gasteiger partial charge in [-0.15, -0.1) is 11.3 Å². The lowest BCUT2D eigenvalue weighted by Gasteiger charge is -2.27. The van der Waals surface area contributed by atoms with E-state index in [1.54, 1.807) is 0 Å². The molecule has 276 valence electrons. The van der Waals surface area contributed by atoms with Crippen molar-refractivity contribution >= 4 is 51.5 Å². The topological polar surface area (TPSA) is 0 Å². The molecule has 0 saturated heterocycles. The first-order valence-electron chi connectivity index (χ1n) is 20.4. The molecule has 5 aliphatic rings. The second-order valence-electron chi connectivity index (χ2n) is 15.9. The average molecular weight is 743 g/mol. The first kappa shape index (κ1) is 36.2. The number of allylic oxidation sites excluding steroid dienone is 20. The number of fused-ring (bicyclic) bond motifs is 4. The molecule has 0 aliphatic heterocycles. The maximum atomic E-state index is 4.25. The van der Waals surface area contributed by atoms with Crippen molar-refractivity contribution in [3.63, 3.8) is 0 Å². The first-order chi connectivity index (χ1) is 27.5. The third-order valence-electron chi connectivity index (χ3n) is 12.3. The largest absolute Gasteiger partial charge is 0.136 e. The highest BCUT2D eigenvalue weighted by Gasteiger charge is 2.42. The van der Waals surface area contributed by atoms with Gasteiger partial charge in [0.05, 0.1) is 0 Å². The van der Waals surface area contributed by atoms with Gasteiger partial charge >= 0.3 is 0 Å². The van der Waals surface area contributed by atoms with Crippen LogP contribution in [0.1, 0.15) is 78.6 Å². The minimum Gasteiger partial charge on any atom is -0.136 e. The van der Waals surface area contributed by atoms with Gasteiger partial charge in [0.2, 0.25) is 0 Å². The van der Waals surface area contributed by atoms with Crippen LogP contribution in [0.15, 0.2) is 175 Å². The third kappa shape index (κ3) is 6.95. The Morgan fingerprint density at radius 1 is 0.804 bits per heavy atom. The number of rotatable bonds is 9. The van der Waals surface area contributed by atoms with E-state index in [0.717, 1.165) is 18.4 Å². The second kappa shape index (κ2) is 15.6. The van der Waals surface area contributed by atoms with Gasteiger partial charge in [-0.25, -0.2) is 0 Å². The minimum atomic E-state index is 0.278. The molecule has 4 unspecified atom stereocenters. The summed E-state index contributed by atoms with van der Waals surface area (Å²) in [5.41, 5.74) is 14.8. The van der Waals surface area contributed by atoms with Gasteiger partial charge in [0.1, 0.15) is 0 Å². The van der Waals surface area contributed by atoms with Gasteiger partial charge in [0.25, 0.3) is 0 Å². The fourth-order valence-corrected chi connectivity index (χ4v) is 10.3. The molecule has 3 aromatic carbocycles. The molecule has 1 saturated carbocycles. The number of benzene rings is 3. The van der Waals surface area contributed by atoms with Crippen molar-refractivity contribution in [2.75, 3.05) is 0 Å². The van der Waals surface area contributed by atoms with Gasteiger partial charge in [-0.05, 0) is 148 Å². The normalized spacial score (nSPS) is 24.3. The van der Waals surface area contributed by atoms with E-state index in [-0.39, 0.29) is 5.92 Å². The number of thiophene rings is 1. The molecule has 0 spiro atoms. The van der Waals surface area contributed by atoms with Crippen LogP contribution in [0.4, 0.5) is 0 Å². The van der Waals surface area contributed by atoms with Crippen LogP contribution in [0.5, 0.6) is 0 Å². The molecule has 5 atom stereocenters.